The zero-order valence-corrected chi connectivity index (χ0v) is 17.6. The molecule has 1 amide bonds. The number of thioether (sulfide) groups is 1. The molecule has 3 aromatic rings. The Bertz CT molecular complexity index is 968. The van der Waals surface area contributed by atoms with E-state index in [0.717, 1.165) is 54.2 Å². The van der Waals surface area contributed by atoms with Crippen molar-refractivity contribution in [1.29, 1.82) is 0 Å². The van der Waals surface area contributed by atoms with Gasteiger partial charge >= 0.3 is 0 Å². The maximum absolute atomic E-state index is 12.4. The summed E-state index contributed by atoms with van der Waals surface area (Å²) in [5, 5.41) is 8.32. The van der Waals surface area contributed by atoms with E-state index in [0.29, 0.717) is 15.9 Å². The first kappa shape index (κ1) is 19.7. The highest BCUT2D eigenvalue weighted by molar-refractivity contribution is 8.00. The minimum Gasteiger partial charge on any atom is -0.379 e. The van der Waals surface area contributed by atoms with Gasteiger partial charge in [0.15, 0.2) is 5.13 Å². The second-order valence-electron chi connectivity index (χ2n) is 6.46. The van der Waals surface area contributed by atoms with E-state index in [4.69, 9.17) is 16.3 Å². The molecular weight excluding hydrogens is 414 g/mol. The Morgan fingerprint density at radius 2 is 2.04 bits per heavy atom. The number of anilines is 1. The van der Waals surface area contributed by atoms with Crippen molar-refractivity contribution in [2.45, 2.75) is 11.4 Å². The van der Waals surface area contributed by atoms with Crippen LogP contribution >= 0.6 is 34.7 Å². The van der Waals surface area contributed by atoms with Crippen molar-refractivity contribution in [3.05, 3.63) is 52.5 Å². The van der Waals surface area contributed by atoms with Crippen LogP contribution in [0.15, 0.2) is 46.7 Å². The number of hydrogen-bond acceptors (Lipinski definition) is 6. The van der Waals surface area contributed by atoms with Gasteiger partial charge in [-0.25, -0.2) is 4.98 Å². The Balaban J connectivity index is 1.34. The number of benzene rings is 2. The van der Waals surface area contributed by atoms with Crippen LogP contribution in [-0.4, -0.2) is 47.8 Å². The van der Waals surface area contributed by atoms with Crippen LogP contribution in [0.25, 0.3) is 10.8 Å². The first-order valence-corrected chi connectivity index (χ1v) is 11.3. The SMILES string of the molecule is O=C(CSc1cccc2cccc(Cl)c12)Nc1nc(CN2CCOCC2)cs1. The highest BCUT2D eigenvalue weighted by Gasteiger charge is 2.14. The third kappa shape index (κ3) is 4.85. The van der Waals surface area contributed by atoms with Gasteiger partial charge in [0.25, 0.3) is 0 Å². The fraction of sp³-hybridized carbons (Fsp3) is 0.300. The second-order valence-corrected chi connectivity index (χ2v) is 8.75. The Morgan fingerprint density at radius 1 is 1.25 bits per heavy atom. The van der Waals surface area contributed by atoms with E-state index in [1.165, 1.54) is 23.1 Å². The average molecular weight is 434 g/mol. The first-order valence-electron chi connectivity index (χ1n) is 9.03. The van der Waals surface area contributed by atoms with Crippen molar-refractivity contribution in [3.63, 3.8) is 0 Å². The number of fused-ring (bicyclic) bond motifs is 1. The van der Waals surface area contributed by atoms with Gasteiger partial charge in [0.2, 0.25) is 5.91 Å². The standard InChI is InChI=1S/C20H20ClN3O2S2/c21-16-5-1-3-14-4-2-6-17(19(14)16)27-13-18(25)23-20-22-15(12-28-20)11-24-7-9-26-10-8-24/h1-6,12H,7-11,13H2,(H,22,23,25). The molecule has 0 spiro atoms. The van der Waals surface area contributed by atoms with Crippen LogP contribution in [0.4, 0.5) is 5.13 Å². The number of aromatic nitrogens is 1. The van der Waals surface area contributed by atoms with Gasteiger partial charge in [-0.1, -0.05) is 35.9 Å². The van der Waals surface area contributed by atoms with Gasteiger partial charge in [-0.2, -0.15) is 0 Å². The van der Waals surface area contributed by atoms with Crippen LogP contribution < -0.4 is 5.32 Å². The zero-order chi connectivity index (χ0) is 19.3. The van der Waals surface area contributed by atoms with Crippen molar-refractivity contribution >= 4 is 56.5 Å². The molecule has 1 saturated heterocycles. The summed E-state index contributed by atoms with van der Waals surface area (Å²) in [5.74, 6) is 0.240. The van der Waals surface area contributed by atoms with Crippen molar-refractivity contribution in [3.8, 4) is 0 Å². The fourth-order valence-corrected chi connectivity index (χ4v) is 5.07. The van der Waals surface area contributed by atoms with Crippen molar-refractivity contribution in [1.82, 2.24) is 9.88 Å². The Kier molecular flexibility index (Phi) is 6.49. The molecule has 4 rings (SSSR count). The molecule has 0 bridgehead atoms. The molecule has 0 saturated carbocycles. The number of halogens is 1. The molecule has 1 fully saturated rings. The average Bonchev–Trinajstić information content (AvgIpc) is 3.14. The Hall–Kier alpha value is -1.64. The number of thiazole rings is 1. The molecule has 28 heavy (non-hydrogen) atoms. The summed E-state index contributed by atoms with van der Waals surface area (Å²) in [6.07, 6.45) is 0. The van der Waals surface area contributed by atoms with Crippen LogP contribution in [0.5, 0.6) is 0 Å². The molecule has 146 valence electrons. The van der Waals surface area contributed by atoms with E-state index in [2.05, 4.69) is 15.2 Å². The number of rotatable bonds is 6. The molecule has 2 aromatic carbocycles. The van der Waals surface area contributed by atoms with Gasteiger partial charge in [0.05, 0.1) is 24.7 Å². The number of carbonyl (C=O) groups is 1. The first-order chi connectivity index (χ1) is 13.7. The zero-order valence-electron chi connectivity index (χ0n) is 15.2. The number of morpholine rings is 1. The number of nitrogens with one attached hydrogen (secondary N) is 1. The van der Waals surface area contributed by atoms with Gasteiger partial charge < -0.3 is 10.1 Å². The summed E-state index contributed by atoms with van der Waals surface area (Å²) in [5.41, 5.74) is 0.982. The lowest BCUT2D eigenvalue weighted by Gasteiger charge is -2.25. The molecule has 1 aromatic heterocycles. The molecule has 0 radical (unpaired) electrons. The van der Waals surface area contributed by atoms with Gasteiger partial charge in [-0.3, -0.25) is 9.69 Å². The predicted molar refractivity (Wildman–Crippen MR) is 117 cm³/mol. The maximum atomic E-state index is 12.4. The van der Waals surface area contributed by atoms with Crippen LogP contribution in [0, 0.1) is 0 Å². The highest BCUT2D eigenvalue weighted by atomic mass is 35.5. The lowest BCUT2D eigenvalue weighted by Crippen LogP contribution is -2.35. The number of ether oxygens (including phenoxy) is 1. The van der Waals surface area contributed by atoms with E-state index in [-0.39, 0.29) is 5.91 Å². The highest BCUT2D eigenvalue weighted by Crippen LogP contribution is 2.33. The summed E-state index contributed by atoms with van der Waals surface area (Å²) in [6.45, 7) is 4.16. The van der Waals surface area contributed by atoms with E-state index < -0.39 is 0 Å². The summed E-state index contributed by atoms with van der Waals surface area (Å²) >= 11 is 9.30. The molecule has 1 aliphatic heterocycles. The van der Waals surface area contributed by atoms with E-state index in [9.17, 15) is 4.79 Å². The van der Waals surface area contributed by atoms with E-state index in [1.54, 1.807) is 0 Å². The van der Waals surface area contributed by atoms with E-state index in [1.807, 2.05) is 41.8 Å². The van der Waals surface area contributed by atoms with Gasteiger partial charge in [-0.15, -0.1) is 23.1 Å². The topological polar surface area (TPSA) is 54.5 Å². The number of hydrogen-bond donors (Lipinski definition) is 1. The Morgan fingerprint density at radius 3 is 2.86 bits per heavy atom. The minimum atomic E-state index is -0.0682. The summed E-state index contributed by atoms with van der Waals surface area (Å²) in [4.78, 5) is 20.2. The maximum Gasteiger partial charge on any atom is 0.236 e. The molecule has 1 aliphatic rings. The summed E-state index contributed by atoms with van der Waals surface area (Å²) in [7, 11) is 0. The molecular formula is C20H20ClN3O2S2. The third-order valence-electron chi connectivity index (χ3n) is 4.46. The number of amides is 1. The molecule has 1 N–H and O–H groups in total. The normalized spacial score (nSPS) is 15.0. The third-order valence-corrected chi connectivity index (χ3v) is 6.64. The van der Waals surface area contributed by atoms with E-state index >= 15 is 0 Å². The molecule has 2 heterocycles. The van der Waals surface area contributed by atoms with Crippen LogP contribution in [0.3, 0.4) is 0 Å². The summed E-state index contributed by atoms with van der Waals surface area (Å²) < 4.78 is 5.37. The van der Waals surface area contributed by atoms with Gasteiger partial charge in [0.1, 0.15) is 0 Å². The lowest BCUT2D eigenvalue weighted by molar-refractivity contribution is -0.113. The molecule has 0 aliphatic carbocycles. The smallest absolute Gasteiger partial charge is 0.236 e. The molecule has 0 unspecified atom stereocenters. The van der Waals surface area contributed by atoms with Crippen molar-refractivity contribution in [2.75, 3.05) is 37.4 Å². The second kappa shape index (κ2) is 9.24. The van der Waals surface area contributed by atoms with Crippen molar-refractivity contribution < 1.29 is 9.53 Å². The largest absolute Gasteiger partial charge is 0.379 e. The van der Waals surface area contributed by atoms with Gasteiger partial charge in [0, 0.05) is 40.3 Å². The summed E-state index contributed by atoms with van der Waals surface area (Å²) in [6, 6.07) is 11.8. The molecule has 0 atom stereocenters. The van der Waals surface area contributed by atoms with Crippen LogP contribution in [0.2, 0.25) is 5.02 Å². The number of nitrogens with zero attached hydrogens (tertiary/aromatic N) is 2. The molecule has 5 nitrogen and oxygen atoms in total. The quantitative estimate of drug-likeness (QED) is 0.579. The fourth-order valence-electron chi connectivity index (χ4n) is 3.11. The van der Waals surface area contributed by atoms with Gasteiger partial charge in [-0.05, 0) is 17.5 Å². The number of carbonyl (C=O) groups excluding carboxylic acids is 1. The Labute approximate surface area is 177 Å². The van der Waals surface area contributed by atoms with Crippen molar-refractivity contribution in [2.24, 2.45) is 0 Å². The molecule has 8 heteroatoms. The lowest BCUT2D eigenvalue weighted by atomic mass is 10.1. The minimum absolute atomic E-state index is 0.0682. The van der Waals surface area contributed by atoms with Crippen LogP contribution in [-0.2, 0) is 16.1 Å². The van der Waals surface area contributed by atoms with Crippen LogP contribution in [0.1, 0.15) is 5.69 Å². The monoisotopic (exact) mass is 433 g/mol. The predicted octanol–water partition coefficient (Wildman–Crippen LogP) is 4.51.